The van der Waals surface area contributed by atoms with Crippen molar-refractivity contribution in [3.05, 3.63) is 0 Å². The number of epoxide rings is 3. The van der Waals surface area contributed by atoms with Gasteiger partial charge in [-0.2, -0.15) is 0 Å². The van der Waals surface area contributed by atoms with Crippen LogP contribution in [0.1, 0.15) is 84.0 Å². The van der Waals surface area contributed by atoms with Gasteiger partial charge in [0, 0.05) is 33.0 Å². The molecule has 0 bridgehead atoms. The summed E-state index contributed by atoms with van der Waals surface area (Å²) in [6.45, 7) is 7.65. The maximum atomic E-state index is 9.56. The summed E-state index contributed by atoms with van der Waals surface area (Å²) in [5, 5.41) is 9.56. The van der Waals surface area contributed by atoms with E-state index in [2.05, 4.69) is 6.92 Å². The van der Waals surface area contributed by atoms with Crippen molar-refractivity contribution in [1.82, 2.24) is 0 Å². The van der Waals surface area contributed by atoms with Gasteiger partial charge in [0.1, 0.15) is 0 Å². The van der Waals surface area contributed by atoms with E-state index < -0.39 is 0 Å². The molecule has 8 heteroatoms. The molecule has 11 atom stereocenters. The molecule has 6 rings (SSSR count). The summed E-state index contributed by atoms with van der Waals surface area (Å²) in [5.74, 6) is 2.09. The fourth-order valence-electron chi connectivity index (χ4n) is 7.83. The van der Waals surface area contributed by atoms with Gasteiger partial charge in [-0.05, 0) is 94.3 Å². The summed E-state index contributed by atoms with van der Waals surface area (Å²) in [6.07, 6.45) is 16.4. The van der Waals surface area contributed by atoms with Crippen molar-refractivity contribution >= 4 is 0 Å². The zero-order chi connectivity index (χ0) is 28.1. The second kappa shape index (κ2) is 14.6. The number of hydrogen-bond acceptors (Lipinski definition) is 8. The molecule has 0 aromatic rings. The molecule has 3 aliphatic heterocycles. The lowest BCUT2D eigenvalue weighted by atomic mass is 9.88. The fourth-order valence-corrected chi connectivity index (χ4v) is 7.83. The minimum Gasteiger partial charge on any atom is -0.396 e. The van der Waals surface area contributed by atoms with E-state index in [1.165, 1.54) is 38.5 Å². The third-order valence-corrected chi connectivity index (χ3v) is 10.6. The lowest BCUT2D eigenvalue weighted by molar-refractivity contribution is -0.121. The quantitative estimate of drug-likeness (QED) is 0.210. The van der Waals surface area contributed by atoms with Crippen LogP contribution < -0.4 is 0 Å². The number of hydrogen-bond donors (Lipinski definition) is 1. The van der Waals surface area contributed by atoms with Crippen LogP contribution in [0.3, 0.4) is 0 Å². The zero-order valence-corrected chi connectivity index (χ0v) is 25.4. The lowest BCUT2D eigenvalue weighted by Crippen LogP contribution is -2.43. The van der Waals surface area contributed by atoms with E-state index in [1.54, 1.807) is 0 Å². The fraction of sp³-hybridized carbons (Fsp3) is 1.00. The normalized spacial score (nSPS) is 39.2. The molecule has 9 unspecified atom stereocenters. The maximum Gasteiger partial charge on any atom is 0.0845 e. The van der Waals surface area contributed by atoms with E-state index in [0.717, 1.165) is 58.3 Å². The van der Waals surface area contributed by atoms with Crippen molar-refractivity contribution in [2.24, 2.45) is 29.1 Å². The van der Waals surface area contributed by atoms with Crippen molar-refractivity contribution in [1.29, 1.82) is 0 Å². The molecular weight excluding hydrogens is 524 g/mol. The number of fused-ring (bicyclic) bond motifs is 3. The smallest absolute Gasteiger partial charge is 0.0845 e. The molecule has 0 radical (unpaired) electrons. The Morgan fingerprint density at radius 1 is 0.610 bits per heavy atom. The first kappa shape index (κ1) is 30.7. The average Bonchev–Trinajstić information content (AvgIpc) is 3.85. The molecule has 6 fully saturated rings. The van der Waals surface area contributed by atoms with Crippen molar-refractivity contribution in [2.75, 3.05) is 59.5 Å². The van der Waals surface area contributed by atoms with E-state index in [0.29, 0.717) is 93.3 Å². The number of rotatable bonds is 20. The van der Waals surface area contributed by atoms with Gasteiger partial charge in [0.05, 0.1) is 68.5 Å². The van der Waals surface area contributed by atoms with E-state index >= 15 is 0 Å². The molecule has 41 heavy (non-hydrogen) atoms. The summed E-state index contributed by atoms with van der Waals surface area (Å²) in [6, 6.07) is 0. The van der Waals surface area contributed by atoms with Gasteiger partial charge in [0.25, 0.3) is 0 Å². The van der Waals surface area contributed by atoms with Crippen molar-refractivity contribution in [3.63, 3.8) is 0 Å². The molecule has 0 spiro atoms. The summed E-state index contributed by atoms with van der Waals surface area (Å²) in [5.41, 5.74) is -0.357. The number of aliphatic hydroxyl groups excluding tert-OH is 1. The first-order chi connectivity index (χ1) is 20.1. The molecule has 3 heterocycles. The first-order valence-electron chi connectivity index (χ1n) is 17.0. The van der Waals surface area contributed by atoms with Crippen molar-refractivity contribution in [2.45, 2.75) is 121 Å². The van der Waals surface area contributed by atoms with Gasteiger partial charge < -0.3 is 38.3 Å². The van der Waals surface area contributed by atoms with Crippen LogP contribution in [0.4, 0.5) is 0 Å². The van der Waals surface area contributed by atoms with Gasteiger partial charge >= 0.3 is 0 Å². The third-order valence-electron chi connectivity index (χ3n) is 10.6. The van der Waals surface area contributed by atoms with Crippen LogP contribution in [0.5, 0.6) is 0 Å². The third kappa shape index (κ3) is 9.10. The average molecular weight is 581 g/mol. The second-order valence-corrected chi connectivity index (χ2v) is 14.4. The SMILES string of the molecule is CCCC(CCO)COCC(COCC1CCC2OC2C1)(COC[C@H]1CCC2OC2C1)COC[C@@H]1CCC2OC2C1. The topological polar surface area (TPSA) is 94.7 Å². The van der Waals surface area contributed by atoms with Crippen molar-refractivity contribution in [3.8, 4) is 0 Å². The van der Waals surface area contributed by atoms with Crippen LogP contribution >= 0.6 is 0 Å². The summed E-state index contributed by atoms with van der Waals surface area (Å²) in [4.78, 5) is 0. The van der Waals surface area contributed by atoms with Gasteiger partial charge in [-0.25, -0.2) is 0 Å². The predicted octanol–water partition coefficient (Wildman–Crippen LogP) is 4.54. The maximum absolute atomic E-state index is 9.56. The van der Waals surface area contributed by atoms with E-state index in [1.807, 2.05) is 0 Å². The molecule has 236 valence electrons. The van der Waals surface area contributed by atoms with Crippen LogP contribution in [0.2, 0.25) is 0 Å². The van der Waals surface area contributed by atoms with Gasteiger partial charge in [-0.1, -0.05) is 13.3 Å². The van der Waals surface area contributed by atoms with Crippen LogP contribution in [0.25, 0.3) is 0 Å². The van der Waals surface area contributed by atoms with E-state index in [4.69, 9.17) is 33.2 Å². The molecule has 3 saturated heterocycles. The highest BCUT2D eigenvalue weighted by molar-refractivity contribution is 4.94. The van der Waals surface area contributed by atoms with Gasteiger partial charge in [0.2, 0.25) is 0 Å². The van der Waals surface area contributed by atoms with Crippen LogP contribution in [-0.2, 0) is 33.2 Å². The minimum atomic E-state index is -0.357. The molecule has 6 aliphatic rings. The molecule has 3 aliphatic carbocycles. The zero-order valence-electron chi connectivity index (χ0n) is 25.4. The van der Waals surface area contributed by atoms with Crippen LogP contribution in [0, 0.1) is 29.1 Å². The standard InChI is InChI=1S/C33H56O8/c1-2-3-23(10-11-34)15-35-19-33(20-36-16-24-4-7-27-30(12-24)39-27,21-37-17-25-5-8-28-31(13-25)40-28)22-38-18-26-6-9-29-32(14-26)41-29/h23-32,34H,2-22H2,1H3/t23?,24-,25+,26?,27?,28?,29?,30?,31?,32?,33?. The first-order valence-corrected chi connectivity index (χ1v) is 17.0. The second-order valence-electron chi connectivity index (χ2n) is 14.4. The molecular formula is C33H56O8. The van der Waals surface area contributed by atoms with Gasteiger partial charge in [-0.3, -0.25) is 0 Å². The van der Waals surface area contributed by atoms with Gasteiger partial charge in [0.15, 0.2) is 0 Å². The highest BCUT2D eigenvalue weighted by Crippen LogP contribution is 2.41. The number of ether oxygens (including phenoxy) is 7. The minimum absolute atomic E-state index is 0.210. The largest absolute Gasteiger partial charge is 0.396 e. The Kier molecular flexibility index (Phi) is 11.0. The van der Waals surface area contributed by atoms with E-state index in [9.17, 15) is 5.11 Å². The molecule has 3 saturated carbocycles. The predicted molar refractivity (Wildman–Crippen MR) is 154 cm³/mol. The summed E-state index contributed by atoms with van der Waals surface area (Å²) in [7, 11) is 0. The Hall–Kier alpha value is -0.320. The molecule has 1 N–H and O–H groups in total. The monoisotopic (exact) mass is 580 g/mol. The Balaban J connectivity index is 1.05. The Morgan fingerprint density at radius 2 is 1.05 bits per heavy atom. The molecule has 0 aromatic carbocycles. The van der Waals surface area contributed by atoms with Crippen molar-refractivity contribution < 1.29 is 38.3 Å². The molecule has 0 aromatic heterocycles. The molecule has 0 amide bonds. The Bertz CT molecular complexity index is 690. The van der Waals surface area contributed by atoms with Crippen LogP contribution in [-0.4, -0.2) is 101 Å². The Morgan fingerprint density at radius 3 is 1.44 bits per heavy atom. The summed E-state index contributed by atoms with van der Waals surface area (Å²) < 4.78 is 43.3. The number of aliphatic hydroxyl groups is 1. The van der Waals surface area contributed by atoms with Gasteiger partial charge in [-0.15, -0.1) is 0 Å². The highest BCUT2D eigenvalue weighted by Gasteiger charge is 2.46. The highest BCUT2D eigenvalue weighted by atomic mass is 16.6. The summed E-state index contributed by atoms with van der Waals surface area (Å²) >= 11 is 0. The molecule has 8 nitrogen and oxygen atoms in total. The Labute approximate surface area is 247 Å². The van der Waals surface area contributed by atoms with E-state index in [-0.39, 0.29) is 12.0 Å². The van der Waals surface area contributed by atoms with Crippen LogP contribution in [0.15, 0.2) is 0 Å². The lowest BCUT2D eigenvalue weighted by Gasteiger charge is -2.35.